The number of nitro benzene ring substituents is 1. The molecule has 0 aliphatic heterocycles. The number of nitrogens with zero attached hydrogens (tertiary/aromatic N) is 2. The van der Waals surface area contributed by atoms with Crippen LogP contribution in [0.5, 0.6) is 0 Å². The SMILES string of the molecule is CCC/C(=N/NC(=O)C1CC1)c1cccc([N+](=O)[O-])c1. The lowest BCUT2D eigenvalue weighted by molar-refractivity contribution is -0.384. The molecule has 0 aromatic heterocycles. The molecule has 1 saturated carbocycles. The van der Waals surface area contributed by atoms with Gasteiger partial charge >= 0.3 is 0 Å². The van der Waals surface area contributed by atoms with Crippen LogP contribution < -0.4 is 5.43 Å². The zero-order chi connectivity index (χ0) is 14.5. The number of nitrogens with one attached hydrogen (secondary N) is 1. The highest BCUT2D eigenvalue weighted by atomic mass is 16.6. The summed E-state index contributed by atoms with van der Waals surface area (Å²) >= 11 is 0. The average Bonchev–Trinajstić information content (AvgIpc) is 3.27. The molecule has 2 rings (SSSR count). The topological polar surface area (TPSA) is 84.6 Å². The van der Waals surface area contributed by atoms with Crippen molar-refractivity contribution in [3.05, 3.63) is 39.9 Å². The predicted molar refractivity (Wildman–Crippen MR) is 75.4 cm³/mol. The number of hydrogen-bond acceptors (Lipinski definition) is 4. The van der Waals surface area contributed by atoms with Crippen molar-refractivity contribution in [3.63, 3.8) is 0 Å². The fourth-order valence-electron chi connectivity index (χ4n) is 1.86. The minimum atomic E-state index is -0.435. The molecule has 6 heteroatoms. The van der Waals surface area contributed by atoms with Crippen LogP contribution in [0.2, 0.25) is 0 Å². The van der Waals surface area contributed by atoms with Crippen molar-refractivity contribution in [1.29, 1.82) is 0 Å². The lowest BCUT2D eigenvalue weighted by atomic mass is 10.1. The van der Waals surface area contributed by atoms with Crippen LogP contribution in [0.1, 0.15) is 38.2 Å². The highest BCUT2D eigenvalue weighted by Gasteiger charge is 2.29. The summed E-state index contributed by atoms with van der Waals surface area (Å²) < 4.78 is 0. The van der Waals surface area contributed by atoms with Crippen molar-refractivity contribution in [2.24, 2.45) is 11.0 Å². The van der Waals surface area contributed by atoms with E-state index in [1.807, 2.05) is 6.92 Å². The second kappa shape index (κ2) is 6.27. The average molecular weight is 275 g/mol. The van der Waals surface area contributed by atoms with Crippen LogP contribution in [0, 0.1) is 16.0 Å². The van der Waals surface area contributed by atoms with Gasteiger partial charge in [0.05, 0.1) is 10.6 Å². The van der Waals surface area contributed by atoms with Crippen LogP contribution in [0.4, 0.5) is 5.69 Å². The summed E-state index contributed by atoms with van der Waals surface area (Å²) in [6.45, 7) is 2.00. The van der Waals surface area contributed by atoms with E-state index in [0.29, 0.717) is 17.7 Å². The second-order valence-electron chi connectivity index (χ2n) is 4.87. The van der Waals surface area contributed by atoms with Gasteiger partial charge in [0.2, 0.25) is 5.91 Å². The van der Waals surface area contributed by atoms with E-state index in [2.05, 4.69) is 10.5 Å². The summed E-state index contributed by atoms with van der Waals surface area (Å²) in [5, 5.41) is 14.9. The standard InChI is InChI=1S/C14H17N3O3/c1-2-4-13(15-16-14(18)10-7-8-10)11-5-3-6-12(9-11)17(19)20/h3,5-6,9-10H,2,4,7-8H2,1H3,(H,16,18)/b15-13-. The molecule has 1 aliphatic rings. The highest BCUT2D eigenvalue weighted by molar-refractivity contribution is 6.01. The first kappa shape index (κ1) is 14.2. The first-order chi connectivity index (χ1) is 9.61. The molecule has 106 valence electrons. The first-order valence-electron chi connectivity index (χ1n) is 6.73. The Labute approximate surface area is 117 Å². The van der Waals surface area contributed by atoms with Crippen LogP contribution in [0.3, 0.4) is 0 Å². The van der Waals surface area contributed by atoms with Gasteiger partial charge in [-0.25, -0.2) is 5.43 Å². The second-order valence-corrected chi connectivity index (χ2v) is 4.87. The van der Waals surface area contributed by atoms with E-state index in [4.69, 9.17) is 0 Å². The summed E-state index contributed by atoms with van der Waals surface area (Å²) in [6.07, 6.45) is 3.34. The minimum absolute atomic E-state index is 0.0276. The van der Waals surface area contributed by atoms with Gasteiger partial charge in [0.1, 0.15) is 0 Å². The number of nitro groups is 1. The molecule has 0 atom stereocenters. The van der Waals surface area contributed by atoms with Crippen molar-refractivity contribution in [2.75, 3.05) is 0 Å². The molecule has 0 spiro atoms. The lowest BCUT2D eigenvalue weighted by Crippen LogP contribution is -2.21. The molecule has 1 aromatic carbocycles. The van der Waals surface area contributed by atoms with Gasteiger partial charge in [-0.15, -0.1) is 0 Å². The molecule has 0 heterocycles. The molecule has 1 N–H and O–H groups in total. The number of hydrazone groups is 1. The number of hydrogen-bond donors (Lipinski definition) is 1. The zero-order valence-corrected chi connectivity index (χ0v) is 11.3. The third-order valence-electron chi connectivity index (χ3n) is 3.13. The predicted octanol–water partition coefficient (Wildman–Crippen LogP) is 2.63. The number of amides is 1. The van der Waals surface area contributed by atoms with E-state index in [-0.39, 0.29) is 17.5 Å². The maximum atomic E-state index is 11.6. The van der Waals surface area contributed by atoms with Crippen molar-refractivity contribution >= 4 is 17.3 Å². The fourth-order valence-corrected chi connectivity index (χ4v) is 1.86. The highest BCUT2D eigenvalue weighted by Crippen LogP contribution is 2.28. The van der Waals surface area contributed by atoms with E-state index < -0.39 is 4.92 Å². The molecule has 1 fully saturated rings. The normalized spacial score (nSPS) is 14.9. The molecular formula is C14H17N3O3. The van der Waals surface area contributed by atoms with Crippen molar-refractivity contribution in [3.8, 4) is 0 Å². The fraction of sp³-hybridized carbons (Fsp3) is 0.429. The summed E-state index contributed by atoms with van der Waals surface area (Å²) in [7, 11) is 0. The Morgan fingerprint density at radius 3 is 2.85 bits per heavy atom. The third-order valence-corrected chi connectivity index (χ3v) is 3.13. The van der Waals surface area contributed by atoms with E-state index in [1.54, 1.807) is 12.1 Å². The number of benzene rings is 1. The number of non-ortho nitro benzene ring substituents is 1. The number of carbonyl (C=O) groups is 1. The van der Waals surface area contributed by atoms with Gasteiger partial charge in [0.25, 0.3) is 5.69 Å². The summed E-state index contributed by atoms with van der Waals surface area (Å²) in [4.78, 5) is 22.0. The maximum Gasteiger partial charge on any atom is 0.270 e. The summed E-state index contributed by atoms with van der Waals surface area (Å²) in [5.41, 5.74) is 3.93. The Kier molecular flexibility index (Phi) is 4.45. The van der Waals surface area contributed by atoms with Crippen LogP contribution in [-0.4, -0.2) is 16.5 Å². The monoisotopic (exact) mass is 275 g/mol. The van der Waals surface area contributed by atoms with Crippen LogP contribution in [-0.2, 0) is 4.79 Å². The lowest BCUT2D eigenvalue weighted by Gasteiger charge is -2.06. The maximum absolute atomic E-state index is 11.6. The van der Waals surface area contributed by atoms with Gasteiger partial charge in [-0.2, -0.15) is 5.10 Å². The summed E-state index contributed by atoms with van der Waals surface area (Å²) in [6, 6.07) is 6.32. The Balaban J connectivity index is 2.18. The molecule has 0 saturated heterocycles. The molecule has 20 heavy (non-hydrogen) atoms. The largest absolute Gasteiger partial charge is 0.273 e. The molecule has 0 radical (unpaired) electrons. The van der Waals surface area contributed by atoms with Gasteiger partial charge in [-0.3, -0.25) is 14.9 Å². The molecule has 0 bridgehead atoms. The Hall–Kier alpha value is -2.24. The Bertz CT molecular complexity index is 550. The molecule has 1 amide bonds. The van der Waals surface area contributed by atoms with E-state index in [9.17, 15) is 14.9 Å². The molecule has 1 aliphatic carbocycles. The van der Waals surface area contributed by atoms with Crippen molar-refractivity contribution in [2.45, 2.75) is 32.6 Å². The molecule has 6 nitrogen and oxygen atoms in total. The molecule has 0 unspecified atom stereocenters. The van der Waals surface area contributed by atoms with Crippen molar-refractivity contribution < 1.29 is 9.72 Å². The quantitative estimate of drug-likeness (QED) is 0.492. The Morgan fingerprint density at radius 1 is 1.50 bits per heavy atom. The third kappa shape index (κ3) is 3.63. The number of rotatable bonds is 6. The van der Waals surface area contributed by atoms with Gasteiger partial charge in [-0.1, -0.05) is 25.5 Å². The Morgan fingerprint density at radius 2 is 2.25 bits per heavy atom. The minimum Gasteiger partial charge on any atom is -0.273 e. The van der Waals surface area contributed by atoms with Crippen LogP contribution >= 0.6 is 0 Å². The zero-order valence-electron chi connectivity index (χ0n) is 11.3. The van der Waals surface area contributed by atoms with Gasteiger partial charge in [-0.05, 0) is 19.3 Å². The van der Waals surface area contributed by atoms with Crippen LogP contribution in [0.15, 0.2) is 29.4 Å². The van der Waals surface area contributed by atoms with E-state index in [1.165, 1.54) is 12.1 Å². The van der Waals surface area contributed by atoms with Crippen molar-refractivity contribution in [1.82, 2.24) is 5.43 Å². The molecule has 1 aromatic rings. The number of carbonyl (C=O) groups excluding carboxylic acids is 1. The van der Waals surface area contributed by atoms with E-state index >= 15 is 0 Å². The first-order valence-corrected chi connectivity index (χ1v) is 6.73. The van der Waals surface area contributed by atoms with Gasteiger partial charge in [0.15, 0.2) is 0 Å². The summed E-state index contributed by atoms with van der Waals surface area (Å²) in [5.74, 6) is 0.0239. The van der Waals surface area contributed by atoms with Gasteiger partial charge in [0, 0.05) is 23.6 Å². The molecular weight excluding hydrogens is 258 g/mol. The van der Waals surface area contributed by atoms with Gasteiger partial charge < -0.3 is 0 Å². The smallest absolute Gasteiger partial charge is 0.270 e. The van der Waals surface area contributed by atoms with Crippen LogP contribution in [0.25, 0.3) is 0 Å². The van der Waals surface area contributed by atoms with E-state index in [0.717, 1.165) is 19.3 Å².